The van der Waals surface area contributed by atoms with Crippen molar-refractivity contribution in [3.63, 3.8) is 0 Å². The lowest BCUT2D eigenvalue weighted by Crippen LogP contribution is -2.28. The van der Waals surface area contributed by atoms with Crippen molar-refractivity contribution in [1.82, 2.24) is 0 Å². The predicted octanol–water partition coefficient (Wildman–Crippen LogP) is 4.88. The van der Waals surface area contributed by atoms with Crippen molar-refractivity contribution < 1.29 is 14.3 Å². The van der Waals surface area contributed by atoms with E-state index in [4.69, 9.17) is 9.47 Å². The normalized spacial score (nSPS) is 13.4. The van der Waals surface area contributed by atoms with Gasteiger partial charge in [-0.05, 0) is 18.1 Å². The van der Waals surface area contributed by atoms with Crippen LogP contribution in [0.5, 0.6) is 0 Å². The van der Waals surface area contributed by atoms with Gasteiger partial charge in [0.2, 0.25) is 0 Å². The monoisotopic (exact) mass is 350 g/mol. The molecular weight excluding hydrogens is 324 g/mol. The number of rotatable bonds is 11. The minimum absolute atomic E-state index is 0.114. The molecule has 2 aromatic rings. The summed E-state index contributed by atoms with van der Waals surface area (Å²) in [5.74, 6) is 0.114. The Kier molecular flexibility index (Phi) is 8.53. The van der Waals surface area contributed by atoms with E-state index < -0.39 is 0 Å². The Morgan fingerprint density at radius 2 is 1.42 bits per heavy atom. The molecule has 3 nitrogen and oxygen atoms in total. The molecule has 2 rings (SSSR count). The molecule has 136 valence electrons. The molecule has 0 spiro atoms. The second-order valence-corrected chi connectivity index (χ2v) is 6.09. The first kappa shape index (κ1) is 19.8. The van der Waals surface area contributed by atoms with E-state index in [1.54, 1.807) is 13.0 Å². The van der Waals surface area contributed by atoms with Crippen molar-refractivity contribution in [3.05, 3.63) is 96.6 Å². The van der Waals surface area contributed by atoms with Crippen LogP contribution in [0, 0.1) is 0 Å². The number of ether oxygens (including phenoxy) is 2. The lowest BCUT2D eigenvalue weighted by atomic mass is 10.1. The van der Waals surface area contributed by atoms with Crippen molar-refractivity contribution in [1.29, 1.82) is 0 Å². The molecule has 3 heteroatoms. The van der Waals surface area contributed by atoms with Gasteiger partial charge in [0.1, 0.15) is 18.0 Å². The first-order valence-electron chi connectivity index (χ1n) is 8.78. The van der Waals surface area contributed by atoms with Crippen LogP contribution in [0.1, 0.15) is 24.5 Å². The number of allylic oxidation sites excluding steroid dienone is 1. The van der Waals surface area contributed by atoms with Crippen molar-refractivity contribution in [2.45, 2.75) is 38.8 Å². The van der Waals surface area contributed by atoms with Crippen LogP contribution >= 0.6 is 0 Å². The molecule has 0 aliphatic rings. The Labute approximate surface area is 156 Å². The summed E-state index contributed by atoms with van der Waals surface area (Å²) in [5, 5.41) is 0. The molecule has 0 heterocycles. The van der Waals surface area contributed by atoms with Gasteiger partial charge in [-0.2, -0.15) is 0 Å². The Hall–Kier alpha value is -2.49. The van der Waals surface area contributed by atoms with Gasteiger partial charge in [0.05, 0.1) is 13.2 Å². The van der Waals surface area contributed by atoms with E-state index in [1.807, 2.05) is 72.8 Å². The lowest BCUT2D eigenvalue weighted by Gasteiger charge is -2.23. The quantitative estimate of drug-likeness (QED) is 0.542. The van der Waals surface area contributed by atoms with Crippen LogP contribution in [0.15, 0.2) is 85.5 Å². The molecular formula is C23H26O3. The van der Waals surface area contributed by atoms with Gasteiger partial charge in [-0.25, -0.2) is 0 Å². The Morgan fingerprint density at radius 1 is 0.923 bits per heavy atom. The Balaban J connectivity index is 2.01. The highest BCUT2D eigenvalue weighted by Gasteiger charge is 2.18. The fourth-order valence-corrected chi connectivity index (χ4v) is 2.46. The highest BCUT2D eigenvalue weighted by molar-refractivity contribution is 5.76. The molecule has 2 aromatic carbocycles. The zero-order chi connectivity index (χ0) is 18.6. The molecule has 0 N–H and O–H groups in total. The second kappa shape index (κ2) is 11.2. The molecule has 0 aliphatic carbocycles. The standard InChI is InChI=1S/C23H26O3/c1-3-22(25-17-20-12-6-4-7-13-20)23(16-10-11-19(2)24)26-18-21-14-8-5-9-15-21/h3-10,12-16,22-23H,1,11,17-18H2,2H3/b16-10-/t22-,23+/m0/s1. The van der Waals surface area contributed by atoms with Crippen LogP contribution in [0.4, 0.5) is 0 Å². The fourth-order valence-electron chi connectivity index (χ4n) is 2.46. The van der Waals surface area contributed by atoms with Crippen LogP contribution in [0.3, 0.4) is 0 Å². The number of ketones is 1. The van der Waals surface area contributed by atoms with Crippen molar-refractivity contribution in [2.24, 2.45) is 0 Å². The number of carbonyl (C=O) groups is 1. The minimum Gasteiger partial charge on any atom is -0.366 e. The third-order valence-corrected chi connectivity index (χ3v) is 3.86. The van der Waals surface area contributed by atoms with E-state index in [9.17, 15) is 4.79 Å². The molecule has 2 atom stereocenters. The van der Waals surface area contributed by atoms with Crippen molar-refractivity contribution in [3.8, 4) is 0 Å². The molecule has 0 aromatic heterocycles. The number of hydrogen-bond donors (Lipinski definition) is 0. The van der Waals surface area contributed by atoms with Crippen molar-refractivity contribution >= 4 is 5.78 Å². The Morgan fingerprint density at radius 3 is 1.88 bits per heavy atom. The minimum atomic E-state index is -0.309. The van der Waals surface area contributed by atoms with Gasteiger partial charge in [-0.1, -0.05) is 78.9 Å². The molecule has 0 radical (unpaired) electrons. The molecule has 26 heavy (non-hydrogen) atoms. The Bertz CT molecular complexity index is 692. The number of Topliss-reactive ketones (excluding diaryl/α,β-unsaturated/α-hetero) is 1. The average molecular weight is 350 g/mol. The molecule has 0 bridgehead atoms. The van der Waals surface area contributed by atoms with Gasteiger partial charge < -0.3 is 9.47 Å². The summed E-state index contributed by atoms with van der Waals surface area (Å²) >= 11 is 0. The molecule has 0 fully saturated rings. The molecule has 0 aliphatic heterocycles. The van der Waals surface area contributed by atoms with E-state index in [1.165, 1.54) is 0 Å². The zero-order valence-electron chi connectivity index (χ0n) is 15.2. The first-order valence-corrected chi connectivity index (χ1v) is 8.78. The largest absolute Gasteiger partial charge is 0.366 e. The maximum absolute atomic E-state index is 11.2. The number of benzene rings is 2. The van der Waals surface area contributed by atoms with Crippen LogP contribution in [0.2, 0.25) is 0 Å². The third-order valence-electron chi connectivity index (χ3n) is 3.86. The van der Waals surface area contributed by atoms with Crippen LogP contribution in [0.25, 0.3) is 0 Å². The molecule has 0 saturated carbocycles. The van der Waals surface area contributed by atoms with E-state index in [0.717, 1.165) is 11.1 Å². The molecule has 0 unspecified atom stereocenters. The van der Waals surface area contributed by atoms with E-state index in [0.29, 0.717) is 19.6 Å². The topological polar surface area (TPSA) is 35.5 Å². The summed E-state index contributed by atoms with van der Waals surface area (Å²) in [6.45, 7) is 6.40. The summed E-state index contributed by atoms with van der Waals surface area (Å²) in [5.41, 5.74) is 2.18. The van der Waals surface area contributed by atoms with Crippen LogP contribution < -0.4 is 0 Å². The summed E-state index contributed by atoms with van der Waals surface area (Å²) in [6, 6.07) is 20.0. The third kappa shape index (κ3) is 7.18. The molecule has 0 amide bonds. The number of carbonyl (C=O) groups excluding carboxylic acids is 1. The fraction of sp³-hybridized carbons (Fsp3) is 0.261. The zero-order valence-corrected chi connectivity index (χ0v) is 15.2. The van der Waals surface area contributed by atoms with Gasteiger partial charge in [0.15, 0.2) is 0 Å². The smallest absolute Gasteiger partial charge is 0.133 e. The van der Waals surface area contributed by atoms with Crippen molar-refractivity contribution in [2.75, 3.05) is 0 Å². The van der Waals surface area contributed by atoms with Gasteiger partial charge >= 0.3 is 0 Å². The van der Waals surface area contributed by atoms with E-state index in [-0.39, 0.29) is 18.0 Å². The average Bonchev–Trinajstić information content (AvgIpc) is 2.67. The van der Waals surface area contributed by atoms with Gasteiger partial charge in [-0.15, -0.1) is 6.58 Å². The van der Waals surface area contributed by atoms with Gasteiger partial charge in [-0.3, -0.25) is 4.79 Å². The van der Waals surface area contributed by atoms with E-state index >= 15 is 0 Å². The van der Waals surface area contributed by atoms with Crippen LogP contribution in [-0.2, 0) is 27.5 Å². The summed E-state index contributed by atoms with van der Waals surface area (Å²) in [4.78, 5) is 11.2. The first-order chi connectivity index (χ1) is 12.7. The predicted molar refractivity (Wildman–Crippen MR) is 105 cm³/mol. The maximum Gasteiger partial charge on any atom is 0.133 e. The lowest BCUT2D eigenvalue weighted by molar-refractivity contribution is -0.116. The molecule has 0 saturated heterocycles. The highest BCUT2D eigenvalue weighted by Crippen LogP contribution is 2.14. The number of hydrogen-bond acceptors (Lipinski definition) is 3. The summed E-state index contributed by atoms with van der Waals surface area (Å²) in [7, 11) is 0. The van der Waals surface area contributed by atoms with Gasteiger partial charge in [0, 0.05) is 6.42 Å². The maximum atomic E-state index is 11.2. The van der Waals surface area contributed by atoms with E-state index in [2.05, 4.69) is 6.58 Å². The van der Waals surface area contributed by atoms with Crippen LogP contribution in [-0.4, -0.2) is 18.0 Å². The summed E-state index contributed by atoms with van der Waals surface area (Å²) in [6.07, 6.45) is 5.24. The SMILES string of the molecule is C=C[C@H](OCc1ccccc1)[C@@H](/C=C\CC(C)=O)OCc1ccccc1. The summed E-state index contributed by atoms with van der Waals surface area (Å²) < 4.78 is 12.1. The highest BCUT2D eigenvalue weighted by atomic mass is 16.5. The van der Waals surface area contributed by atoms with Gasteiger partial charge in [0.25, 0.3) is 0 Å². The second-order valence-electron chi connectivity index (χ2n) is 6.09.